The quantitative estimate of drug-likeness (QED) is 0.682. The maximum atomic E-state index is 5.70. The van der Waals surface area contributed by atoms with Gasteiger partial charge in [-0.3, -0.25) is 0 Å². The molecule has 2 rings (SSSR count). The second-order valence-corrected chi connectivity index (χ2v) is 4.68. The monoisotopic (exact) mass is 261 g/mol. The molecule has 0 N–H and O–H groups in total. The Morgan fingerprint density at radius 2 is 1.95 bits per heavy atom. The Morgan fingerprint density at radius 1 is 1.11 bits per heavy atom. The molecule has 0 atom stereocenters. The van der Waals surface area contributed by atoms with Crippen molar-refractivity contribution in [3.8, 4) is 0 Å². The molecule has 1 heterocycles. The summed E-state index contributed by atoms with van der Waals surface area (Å²) in [6, 6.07) is 8.31. The lowest BCUT2D eigenvalue weighted by Crippen LogP contribution is -2.27. The van der Waals surface area contributed by atoms with Crippen LogP contribution in [0.5, 0.6) is 0 Å². The fraction of sp³-hybridized carbons (Fsp3) is 0.500. The lowest BCUT2D eigenvalue weighted by atomic mass is 10.1. The van der Waals surface area contributed by atoms with Crippen LogP contribution in [0.4, 0.5) is 0 Å². The van der Waals surface area contributed by atoms with Crippen molar-refractivity contribution in [1.82, 2.24) is 4.90 Å². The van der Waals surface area contributed by atoms with Gasteiger partial charge in [-0.05, 0) is 43.3 Å². The van der Waals surface area contributed by atoms with Crippen molar-refractivity contribution >= 4 is 11.0 Å². The largest absolute Gasteiger partial charge is 0.464 e. The normalized spacial score (nSPS) is 11.5. The molecule has 0 fully saturated rings. The van der Waals surface area contributed by atoms with E-state index in [9.17, 15) is 0 Å². The van der Waals surface area contributed by atoms with Gasteiger partial charge >= 0.3 is 0 Å². The molecule has 0 aliphatic carbocycles. The number of rotatable bonds is 8. The highest BCUT2D eigenvalue weighted by atomic mass is 16.5. The molecule has 3 heteroatoms. The van der Waals surface area contributed by atoms with Gasteiger partial charge in [0.25, 0.3) is 0 Å². The number of likely N-dealkylation sites (N-methyl/N-ethyl adjacent to an activating group) is 1. The minimum absolute atomic E-state index is 0.782. The molecule has 0 amide bonds. The lowest BCUT2D eigenvalue weighted by molar-refractivity contribution is 0.109. The Balaban J connectivity index is 1.70. The maximum absolute atomic E-state index is 5.70. The topological polar surface area (TPSA) is 25.6 Å². The summed E-state index contributed by atoms with van der Waals surface area (Å²) in [4.78, 5) is 2.37. The third kappa shape index (κ3) is 4.08. The maximum Gasteiger partial charge on any atom is 0.133 e. The Morgan fingerprint density at radius 3 is 2.74 bits per heavy atom. The van der Waals surface area contributed by atoms with Crippen molar-refractivity contribution in [2.75, 3.05) is 32.8 Å². The molecule has 1 aromatic carbocycles. The molecule has 0 unspecified atom stereocenters. The Bertz CT molecular complexity index is 488. The van der Waals surface area contributed by atoms with Crippen molar-refractivity contribution in [2.24, 2.45) is 0 Å². The van der Waals surface area contributed by atoms with E-state index in [1.807, 2.05) is 12.1 Å². The summed E-state index contributed by atoms with van der Waals surface area (Å²) in [5.41, 5.74) is 2.25. The van der Waals surface area contributed by atoms with Crippen LogP contribution in [0.1, 0.15) is 19.4 Å². The van der Waals surface area contributed by atoms with E-state index in [1.54, 1.807) is 6.26 Å². The molecule has 3 nitrogen and oxygen atoms in total. The molecule has 0 aliphatic heterocycles. The minimum Gasteiger partial charge on any atom is -0.464 e. The molecule has 0 aliphatic rings. The van der Waals surface area contributed by atoms with Crippen molar-refractivity contribution in [3.05, 3.63) is 36.1 Å². The predicted octanol–water partition coefficient (Wildman–Crippen LogP) is 3.33. The van der Waals surface area contributed by atoms with Gasteiger partial charge in [-0.1, -0.05) is 19.9 Å². The zero-order chi connectivity index (χ0) is 13.5. The zero-order valence-corrected chi connectivity index (χ0v) is 11.9. The molecular weight excluding hydrogens is 238 g/mol. The van der Waals surface area contributed by atoms with Gasteiger partial charge in [0.05, 0.1) is 19.5 Å². The van der Waals surface area contributed by atoms with E-state index in [0.29, 0.717) is 0 Å². The van der Waals surface area contributed by atoms with E-state index < -0.39 is 0 Å². The van der Waals surface area contributed by atoms with E-state index in [1.165, 1.54) is 10.9 Å². The SMILES string of the molecule is CCN(CC)CCOCCc1ccc2occc2c1. The molecule has 1 aromatic heterocycles. The molecule has 2 aromatic rings. The first kappa shape index (κ1) is 14.1. The first-order valence-corrected chi connectivity index (χ1v) is 7.09. The van der Waals surface area contributed by atoms with Gasteiger partial charge in [-0.15, -0.1) is 0 Å². The fourth-order valence-electron chi connectivity index (χ4n) is 2.20. The molecule has 104 valence electrons. The van der Waals surface area contributed by atoms with Crippen LogP contribution in [0.3, 0.4) is 0 Å². The van der Waals surface area contributed by atoms with Crippen LogP contribution in [0.15, 0.2) is 34.9 Å². The highest BCUT2D eigenvalue weighted by Crippen LogP contribution is 2.17. The van der Waals surface area contributed by atoms with Crippen LogP contribution >= 0.6 is 0 Å². The Hall–Kier alpha value is -1.32. The van der Waals surface area contributed by atoms with E-state index >= 15 is 0 Å². The zero-order valence-electron chi connectivity index (χ0n) is 11.9. The first-order valence-electron chi connectivity index (χ1n) is 7.09. The smallest absolute Gasteiger partial charge is 0.133 e. The standard InChI is InChI=1S/C16H23NO2/c1-3-17(4-2)9-12-18-10-7-14-5-6-16-15(13-14)8-11-19-16/h5-6,8,11,13H,3-4,7,9-10,12H2,1-2H3. The van der Waals surface area contributed by atoms with Crippen LogP contribution in [0.25, 0.3) is 11.0 Å². The number of fused-ring (bicyclic) bond motifs is 1. The fourth-order valence-corrected chi connectivity index (χ4v) is 2.20. The molecular formula is C16H23NO2. The van der Waals surface area contributed by atoms with Crippen LogP contribution in [-0.4, -0.2) is 37.7 Å². The average Bonchev–Trinajstić information content (AvgIpc) is 2.90. The molecule has 0 saturated carbocycles. The summed E-state index contributed by atoms with van der Waals surface area (Å²) < 4.78 is 11.0. The molecule has 0 radical (unpaired) electrons. The predicted molar refractivity (Wildman–Crippen MR) is 78.5 cm³/mol. The molecule has 19 heavy (non-hydrogen) atoms. The Kier molecular flexibility index (Phi) is 5.43. The highest BCUT2D eigenvalue weighted by molar-refractivity contribution is 5.77. The van der Waals surface area contributed by atoms with Gasteiger partial charge in [0, 0.05) is 11.9 Å². The summed E-state index contributed by atoms with van der Waals surface area (Å²) in [5, 5.41) is 1.17. The average molecular weight is 261 g/mol. The summed E-state index contributed by atoms with van der Waals surface area (Å²) in [6.45, 7) is 9.18. The highest BCUT2D eigenvalue weighted by Gasteiger charge is 2.00. The number of furan rings is 1. The first-order chi connectivity index (χ1) is 9.33. The van der Waals surface area contributed by atoms with Crippen LogP contribution < -0.4 is 0 Å². The minimum atomic E-state index is 0.782. The van der Waals surface area contributed by atoms with E-state index in [0.717, 1.165) is 44.9 Å². The van der Waals surface area contributed by atoms with Crippen molar-refractivity contribution in [2.45, 2.75) is 20.3 Å². The summed E-state index contributed by atoms with van der Waals surface area (Å²) >= 11 is 0. The summed E-state index contributed by atoms with van der Waals surface area (Å²) in [5.74, 6) is 0. The Labute approximate surface area is 115 Å². The van der Waals surface area contributed by atoms with Gasteiger partial charge in [0.2, 0.25) is 0 Å². The van der Waals surface area contributed by atoms with Gasteiger partial charge in [0.1, 0.15) is 5.58 Å². The second-order valence-electron chi connectivity index (χ2n) is 4.68. The van der Waals surface area contributed by atoms with Crippen molar-refractivity contribution in [3.63, 3.8) is 0 Å². The molecule has 0 saturated heterocycles. The van der Waals surface area contributed by atoms with Crippen molar-refractivity contribution in [1.29, 1.82) is 0 Å². The van der Waals surface area contributed by atoms with Gasteiger partial charge < -0.3 is 14.1 Å². The molecule has 0 bridgehead atoms. The van der Waals surface area contributed by atoms with Crippen LogP contribution in [0.2, 0.25) is 0 Å². The summed E-state index contributed by atoms with van der Waals surface area (Å²) in [6.07, 6.45) is 2.69. The van der Waals surface area contributed by atoms with Crippen LogP contribution in [-0.2, 0) is 11.2 Å². The number of ether oxygens (including phenoxy) is 1. The number of hydrogen-bond donors (Lipinski definition) is 0. The third-order valence-corrected chi connectivity index (χ3v) is 3.50. The lowest BCUT2D eigenvalue weighted by Gasteiger charge is -2.17. The summed E-state index contributed by atoms with van der Waals surface area (Å²) in [7, 11) is 0. The van der Waals surface area contributed by atoms with E-state index in [-0.39, 0.29) is 0 Å². The van der Waals surface area contributed by atoms with Gasteiger partial charge in [-0.25, -0.2) is 0 Å². The van der Waals surface area contributed by atoms with Crippen LogP contribution in [0, 0.1) is 0 Å². The van der Waals surface area contributed by atoms with E-state index in [2.05, 4.69) is 30.9 Å². The molecule has 0 spiro atoms. The van der Waals surface area contributed by atoms with Gasteiger partial charge in [0.15, 0.2) is 0 Å². The third-order valence-electron chi connectivity index (χ3n) is 3.50. The second kappa shape index (κ2) is 7.31. The van der Waals surface area contributed by atoms with Crippen molar-refractivity contribution < 1.29 is 9.15 Å². The van der Waals surface area contributed by atoms with E-state index in [4.69, 9.17) is 9.15 Å². The van der Waals surface area contributed by atoms with Gasteiger partial charge in [-0.2, -0.15) is 0 Å². The number of nitrogens with zero attached hydrogens (tertiary/aromatic N) is 1. The number of hydrogen-bond acceptors (Lipinski definition) is 3. The number of benzene rings is 1.